The number of nitrogens with zero attached hydrogens (tertiary/aromatic N) is 2. The number of methoxy groups -OCH3 is 1. The summed E-state index contributed by atoms with van der Waals surface area (Å²) in [5, 5.41) is 3.73. The third-order valence-electron chi connectivity index (χ3n) is 3.68. The van der Waals surface area contributed by atoms with Crippen LogP contribution in [0.15, 0.2) is 35.5 Å². The summed E-state index contributed by atoms with van der Waals surface area (Å²) >= 11 is 0. The molecule has 0 radical (unpaired) electrons. The van der Waals surface area contributed by atoms with Gasteiger partial charge in [-0.25, -0.2) is 9.59 Å². The Kier molecular flexibility index (Phi) is 3.70. The number of ether oxygens (including phenoxy) is 2. The quantitative estimate of drug-likeness (QED) is 0.787. The van der Waals surface area contributed by atoms with E-state index in [0.29, 0.717) is 19.5 Å². The number of hydrogen-bond acceptors (Lipinski definition) is 6. The molecule has 7 nitrogen and oxygen atoms in total. The van der Waals surface area contributed by atoms with Crippen LogP contribution in [0.2, 0.25) is 0 Å². The second-order valence-electron chi connectivity index (χ2n) is 5.38. The fourth-order valence-corrected chi connectivity index (χ4v) is 2.51. The van der Waals surface area contributed by atoms with Gasteiger partial charge in [0.25, 0.3) is 0 Å². The number of benzene rings is 1. The number of rotatable bonds is 3. The van der Waals surface area contributed by atoms with Crippen LogP contribution in [-0.4, -0.2) is 48.5 Å². The smallest absolute Gasteiger partial charge is 0.410 e. The van der Waals surface area contributed by atoms with Crippen LogP contribution < -0.4 is 0 Å². The molecule has 0 aliphatic carbocycles. The zero-order valence-corrected chi connectivity index (χ0v) is 12.2. The van der Waals surface area contributed by atoms with Gasteiger partial charge >= 0.3 is 12.1 Å². The van der Waals surface area contributed by atoms with E-state index in [1.54, 1.807) is 0 Å². The minimum atomic E-state index is -0.602. The first-order valence-corrected chi connectivity index (χ1v) is 6.91. The number of hydrogen-bond donors (Lipinski definition) is 0. The van der Waals surface area contributed by atoms with Crippen molar-refractivity contribution >= 4 is 17.8 Å². The molecule has 1 saturated heterocycles. The number of carbonyl (C=O) groups excluding carboxylic acids is 2. The van der Waals surface area contributed by atoms with E-state index in [1.165, 1.54) is 12.0 Å². The van der Waals surface area contributed by atoms with Crippen LogP contribution in [0.25, 0.3) is 0 Å². The number of likely N-dealkylation sites (tertiary alicyclic amines) is 1. The first kappa shape index (κ1) is 14.4. The van der Waals surface area contributed by atoms with E-state index >= 15 is 0 Å². The van der Waals surface area contributed by atoms with Crippen molar-refractivity contribution in [3.63, 3.8) is 0 Å². The van der Waals surface area contributed by atoms with Gasteiger partial charge in [0, 0.05) is 6.42 Å². The molecular formula is C15H16N2O5. The fourth-order valence-electron chi connectivity index (χ4n) is 2.51. The topological polar surface area (TPSA) is 77.4 Å². The highest BCUT2D eigenvalue weighted by atomic mass is 16.7. The molecule has 0 unspecified atom stereocenters. The van der Waals surface area contributed by atoms with Gasteiger partial charge in [-0.2, -0.15) is 0 Å². The monoisotopic (exact) mass is 304 g/mol. The van der Waals surface area contributed by atoms with E-state index in [4.69, 9.17) is 9.57 Å². The maximum Gasteiger partial charge on any atom is 0.410 e. The maximum atomic E-state index is 11.9. The summed E-state index contributed by atoms with van der Waals surface area (Å²) in [7, 11) is 1.30. The Morgan fingerprint density at radius 3 is 2.73 bits per heavy atom. The molecule has 2 heterocycles. The van der Waals surface area contributed by atoms with Crippen molar-refractivity contribution in [1.82, 2.24) is 4.90 Å². The predicted molar refractivity (Wildman–Crippen MR) is 76.1 cm³/mol. The molecule has 0 bridgehead atoms. The van der Waals surface area contributed by atoms with Crippen LogP contribution in [0.3, 0.4) is 0 Å². The lowest BCUT2D eigenvalue weighted by molar-refractivity contribution is -0.132. The van der Waals surface area contributed by atoms with Crippen molar-refractivity contribution in [1.29, 1.82) is 0 Å². The first-order chi connectivity index (χ1) is 10.6. The van der Waals surface area contributed by atoms with Crippen LogP contribution >= 0.6 is 0 Å². The van der Waals surface area contributed by atoms with E-state index in [1.807, 2.05) is 30.3 Å². The molecule has 1 amide bonds. The number of amides is 1. The van der Waals surface area contributed by atoms with Crippen LogP contribution in [0.4, 0.5) is 4.79 Å². The van der Waals surface area contributed by atoms with Crippen molar-refractivity contribution in [2.75, 3.05) is 20.2 Å². The van der Waals surface area contributed by atoms with Crippen LogP contribution in [0.5, 0.6) is 0 Å². The summed E-state index contributed by atoms with van der Waals surface area (Å²) in [6.07, 6.45) is -0.0492. The molecule has 1 aromatic carbocycles. The molecule has 1 fully saturated rings. The van der Waals surface area contributed by atoms with Crippen molar-refractivity contribution in [2.45, 2.75) is 18.6 Å². The molecule has 2 aliphatic heterocycles. The van der Waals surface area contributed by atoms with Gasteiger partial charge in [-0.15, -0.1) is 0 Å². The van der Waals surface area contributed by atoms with Gasteiger partial charge in [0.15, 0.2) is 11.3 Å². The highest BCUT2D eigenvalue weighted by molar-refractivity contribution is 6.36. The minimum absolute atomic E-state index is 0.230. The zero-order valence-electron chi connectivity index (χ0n) is 12.2. The van der Waals surface area contributed by atoms with Gasteiger partial charge in [0.2, 0.25) is 0 Å². The summed E-state index contributed by atoms with van der Waals surface area (Å²) in [5.74, 6) is -0.498. The largest absolute Gasteiger partial charge is 0.464 e. The van der Waals surface area contributed by atoms with Crippen molar-refractivity contribution in [3.8, 4) is 0 Å². The Bertz CT molecular complexity index is 608. The van der Waals surface area contributed by atoms with Gasteiger partial charge in [-0.1, -0.05) is 35.5 Å². The number of carbonyl (C=O) groups is 2. The van der Waals surface area contributed by atoms with E-state index in [0.717, 1.165) is 5.56 Å². The molecule has 0 aromatic heterocycles. The van der Waals surface area contributed by atoms with E-state index < -0.39 is 17.7 Å². The average Bonchev–Trinajstić information content (AvgIpc) is 2.97. The Labute approximate surface area is 127 Å². The standard InChI is InChI=1S/C15H16N2O5/c1-20-13(18)12-7-15(22-16-12)9-17(10-15)14(19)21-8-11-5-3-2-4-6-11/h2-6H,7-10H2,1H3. The van der Waals surface area contributed by atoms with E-state index in [-0.39, 0.29) is 12.3 Å². The van der Waals surface area contributed by atoms with Gasteiger partial charge in [0.1, 0.15) is 6.61 Å². The van der Waals surface area contributed by atoms with Crippen LogP contribution in [-0.2, 0) is 25.7 Å². The number of esters is 1. The molecule has 7 heteroatoms. The van der Waals surface area contributed by atoms with Gasteiger partial charge < -0.3 is 14.3 Å². The Morgan fingerprint density at radius 2 is 2.05 bits per heavy atom. The Hall–Kier alpha value is -2.57. The van der Waals surface area contributed by atoms with Gasteiger partial charge in [0.05, 0.1) is 20.2 Å². The second-order valence-corrected chi connectivity index (χ2v) is 5.38. The third-order valence-corrected chi connectivity index (χ3v) is 3.68. The van der Waals surface area contributed by atoms with Crippen LogP contribution in [0.1, 0.15) is 12.0 Å². The summed E-state index contributed by atoms with van der Waals surface area (Å²) in [5.41, 5.74) is 0.578. The average molecular weight is 304 g/mol. The second kappa shape index (κ2) is 5.67. The first-order valence-electron chi connectivity index (χ1n) is 6.91. The maximum absolute atomic E-state index is 11.9. The van der Waals surface area contributed by atoms with Crippen molar-refractivity contribution < 1.29 is 23.9 Å². The van der Waals surface area contributed by atoms with Crippen molar-refractivity contribution in [3.05, 3.63) is 35.9 Å². The SMILES string of the molecule is COC(=O)C1=NOC2(C1)CN(C(=O)OCc1ccccc1)C2. The zero-order chi connectivity index (χ0) is 15.6. The van der Waals surface area contributed by atoms with Crippen molar-refractivity contribution in [2.24, 2.45) is 5.16 Å². The molecule has 2 aliphatic rings. The normalized spacial score (nSPS) is 18.2. The van der Waals surface area contributed by atoms with E-state index in [9.17, 15) is 9.59 Å². The summed E-state index contributed by atoms with van der Waals surface area (Å²) in [6, 6.07) is 9.46. The molecule has 0 atom stereocenters. The molecule has 0 N–H and O–H groups in total. The summed E-state index contributed by atoms with van der Waals surface area (Å²) < 4.78 is 9.84. The van der Waals surface area contributed by atoms with Crippen LogP contribution in [0, 0.1) is 0 Å². The Balaban J connectivity index is 1.46. The minimum Gasteiger partial charge on any atom is -0.464 e. The summed E-state index contributed by atoms with van der Waals surface area (Å²) in [4.78, 5) is 30.1. The molecule has 1 aromatic rings. The predicted octanol–water partition coefficient (Wildman–Crippen LogP) is 1.33. The molecule has 1 spiro atoms. The fraction of sp³-hybridized carbons (Fsp3) is 0.400. The molecule has 0 saturated carbocycles. The summed E-state index contributed by atoms with van der Waals surface area (Å²) in [6.45, 7) is 0.934. The Morgan fingerprint density at radius 1 is 1.32 bits per heavy atom. The number of oxime groups is 1. The molecule has 22 heavy (non-hydrogen) atoms. The van der Waals surface area contributed by atoms with Gasteiger partial charge in [-0.05, 0) is 5.56 Å². The van der Waals surface area contributed by atoms with Gasteiger partial charge in [-0.3, -0.25) is 4.90 Å². The molecular weight excluding hydrogens is 288 g/mol. The molecule has 3 rings (SSSR count). The van der Waals surface area contributed by atoms with E-state index in [2.05, 4.69) is 9.89 Å². The lowest BCUT2D eigenvalue weighted by Crippen LogP contribution is -2.63. The highest BCUT2D eigenvalue weighted by Gasteiger charge is 2.53. The lowest BCUT2D eigenvalue weighted by Gasteiger charge is -2.44. The molecule has 116 valence electrons. The third kappa shape index (κ3) is 2.74. The lowest BCUT2D eigenvalue weighted by atomic mass is 9.89. The highest BCUT2D eigenvalue weighted by Crippen LogP contribution is 2.34.